The van der Waals surface area contributed by atoms with Crippen LogP contribution in [0.1, 0.15) is 24.5 Å². The first kappa shape index (κ1) is 15.8. The molecular weight excluding hydrogens is 268 g/mol. The van der Waals surface area contributed by atoms with E-state index in [9.17, 15) is 5.11 Å². The normalized spacial score (nSPS) is 21.5. The van der Waals surface area contributed by atoms with E-state index in [0.717, 1.165) is 24.6 Å². The van der Waals surface area contributed by atoms with Crippen LogP contribution in [0.3, 0.4) is 0 Å². The zero-order chi connectivity index (χ0) is 15.2. The van der Waals surface area contributed by atoms with Gasteiger partial charge in [0.1, 0.15) is 0 Å². The van der Waals surface area contributed by atoms with Crippen molar-refractivity contribution in [1.29, 1.82) is 0 Å². The second-order valence-electron chi connectivity index (χ2n) is 5.57. The van der Waals surface area contributed by atoms with E-state index in [2.05, 4.69) is 32.7 Å². The summed E-state index contributed by atoms with van der Waals surface area (Å²) in [5, 5.41) is 20.6. The Labute approximate surface area is 126 Å². The summed E-state index contributed by atoms with van der Waals surface area (Å²) in [6, 6.07) is 0.562. The maximum Gasteiger partial charge on any atom is 0.191 e. The average Bonchev–Trinajstić information content (AvgIpc) is 3.08. The van der Waals surface area contributed by atoms with Gasteiger partial charge in [-0.3, -0.25) is 9.67 Å². The van der Waals surface area contributed by atoms with Gasteiger partial charge in [-0.05, 0) is 26.4 Å². The van der Waals surface area contributed by atoms with Crippen molar-refractivity contribution < 1.29 is 5.11 Å². The van der Waals surface area contributed by atoms with Crippen molar-refractivity contribution in [3.63, 3.8) is 0 Å². The zero-order valence-corrected chi connectivity index (χ0v) is 13.1. The number of aryl methyl sites for hydroxylation is 1. The lowest BCUT2D eigenvalue weighted by Gasteiger charge is -2.21. The fourth-order valence-electron chi connectivity index (χ4n) is 2.60. The van der Waals surface area contributed by atoms with Crippen molar-refractivity contribution in [3.05, 3.63) is 18.0 Å². The van der Waals surface area contributed by atoms with E-state index in [-0.39, 0.29) is 0 Å². The molecule has 0 bridgehead atoms. The number of likely N-dealkylation sites (N-methyl/N-ethyl adjacent to an activating group) is 1. The number of guanidine groups is 1. The number of rotatable bonds is 5. The molecule has 0 saturated carbocycles. The summed E-state index contributed by atoms with van der Waals surface area (Å²) in [5.41, 5.74) is 0.802. The lowest BCUT2D eigenvalue weighted by molar-refractivity contribution is 0.180. The SMILES string of the molecule is CN=C(NCC(O)c1cnn(C)c1)NCC1CCCN1C. The maximum atomic E-state index is 10.1. The van der Waals surface area contributed by atoms with E-state index in [1.165, 1.54) is 12.8 Å². The summed E-state index contributed by atoms with van der Waals surface area (Å²) in [5.74, 6) is 0.721. The minimum Gasteiger partial charge on any atom is -0.386 e. The molecule has 1 fully saturated rings. The van der Waals surface area contributed by atoms with Crippen LogP contribution in [0.4, 0.5) is 0 Å². The van der Waals surface area contributed by atoms with E-state index < -0.39 is 6.10 Å². The van der Waals surface area contributed by atoms with Crippen LogP contribution in [0.2, 0.25) is 0 Å². The van der Waals surface area contributed by atoms with Gasteiger partial charge in [-0.15, -0.1) is 0 Å². The van der Waals surface area contributed by atoms with Crippen molar-refractivity contribution in [3.8, 4) is 0 Å². The van der Waals surface area contributed by atoms with Crippen molar-refractivity contribution in [2.24, 2.45) is 12.0 Å². The molecule has 2 heterocycles. The second-order valence-corrected chi connectivity index (χ2v) is 5.57. The van der Waals surface area contributed by atoms with Crippen molar-refractivity contribution in [2.75, 3.05) is 33.7 Å². The van der Waals surface area contributed by atoms with E-state index in [4.69, 9.17) is 0 Å². The van der Waals surface area contributed by atoms with Crippen molar-refractivity contribution >= 4 is 5.96 Å². The van der Waals surface area contributed by atoms with Crippen LogP contribution >= 0.6 is 0 Å². The molecular formula is C14H26N6O. The first-order valence-electron chi connectivity index (χ1n) is 7.41. The summed E-state index contributed by atoms with van der Waals surface area (Å²) in [6.45, 7) is 2.45. The number of nitrogens with zero attached hydrogens (tertiary/aromatic N) is 4. The Morgan fingerprint density at radius 3 is 2.90 bits per heavy atom. The molecule has 2 rings (SSSR count). The highest BCUT2D eigenvalue weighted by Crippen LogP contribution is 2.13. The van der Waals surface area contributed by atoms with Crippen LogP contribution in [-0.4, -0.2) is 65.5 Å². The predicted octanol–water partition coefficient (Wildman–Crippen LogP) is -0.287. The number of nitrogens with one attached hydrogen (secondary N) is 2. The summed E-state index contributed by atoms with van der Waals surface area (Å²) >= 11 is 0. The molecule has 1 saturated heterocycles. The van der Waals surface area contributed by atoms with Gasteiger partial charge in [0.25, 0.3) is 0 Å². The minimum absolute atomic E-state index is 0.409. The Balaban J connectivity index is 1.75. The van der Waals surface area contributed by atoms with E-state index in [0.29, 0.717) is 12.6 Å². The molecule has 1 aliphatic heterocycles. The van der Waals surface area contributed by atoms with Crippen LogP contribution in [0, 0.1) is 0 Å². The van der Waals surface area contributed by atoms with Gasteiger partial charge in [0.15, 0.2) is 5.96 Å². The van der Waals surface area contributed by atoms with Gasteiger partial charge in [0.2, 0.25) is 0 Å². The van der Waals surface area contributed by atoms with Crippen molar-refractivity contribution in [2.45, 2.75) is 25.0 Å². The van der Waals surface area contributed by atoms with Gasteiger partial charge in [0, 0.05) is 45.0 Å². The molecule has 1 aromatic rings. The number of aromatic nitrogens is 2. The molecule has 118 valence electrons. The van der Waals surface area contributed by atoms with E-state index in [1.54, 1.807) is 17.9 Å². The van der Waals surface area contributed by atoms with Gasteiger partial charge in [-0.25, -0.2) is 0 Å². The molecule has 2 atom stereocenters. The summed E-state index contributed by atoms with van der Waals surface area (Å²) in [7, 11) is 5.73. The Bertz CT molecular complexity index is 472. The van der Waals surface area contributed by atoms with Crippen LogP contribution in [-0.2, 0) is 7.05 Å². The van der Waals surface area contributed by atoms with Gasteiger partial charge >= 0.3 is 0 Å². The first-order valence-corrected chi connectivity index (χ1v) is 7.41. The van der Waals surface area contributed by atoms with E-state index >= 15 is 0 Å². The Kier molecular flexibility index (Phi) is 5.58. The minimum atomic E-state index is -0.591. The molecule has 2 unspecified atom stereocenters. The second kappa shape index (κ2) is 7.42. The molecule has 3 N–H and O–H groups in total. The highest BCUT2D eigenvalue weighted by molar-refractivity contribution is 5.79. The molecule has 7 nitrogen and oxygen atoms in total. The van der Waals surface area contributed by atoms with E-state index in [1.807, 2.05) is 13.2 Å². The maximum absolute atomic E-state index is 10.1. The summed E-state index contributed by atoms with van der Waals surface area (Å²) < 4.78 is 1.68. The number of likely N-dealkylation sites (tertiary alicyclic amines) is 1. The lowest BCUT2D eigenvalue weighted by Crippen LogP contribution is -2.44. The third-order valence-electron chi connectivity index (χ3n) is 3.97. The number of hydrogen-bond acceptors (Lipinski definition) is 4. The molecule has 21 heavy (non-hydrogen) atoms. The molecule has 0 aromatic carbocycles. The first-order chi connectivity index (χ1) is 10.1. The molecule has 0 amide bonds. The molecule has 1 aromatic heterocycles. The van der Waals surface area contributed by atoms with Gasteiger partial charge in [-0.1, -0.05) is 0 Å². The van der Waals surface area contributed by atoms with Gasteiger partial charge < -0.3 is 20.6 Å². The van der Waals surface area contributed by atoms with Gasteiger partial charge in [-0.2, -0.15) is 5.10 Å². The third kappa shape index (κ3) is 4.44. The highest BCUT2D eigenvalue weighted by atomic mass is 16.3. The number of aliphatic hydroxyl groups excluding tert-OH is 1. The predicted molar refractivity (Wildman–Crippen MR) is 83.2 cm³/mol. The Morgan fingerprint density at radius 1 is 1.52 bits per heavy atom. The average molecular weight is 294 g/mol. The molecule has 0 aliphatic carbocycles. The fourth-order valence-corrected chi connectivity index (χ4v) is 2.60. The van der Waals surface area contributed by atoms with Crippen LogP contribution in [0.5, 0.6) is 0 Å². The largest absolute Gasteiger partial charge is 0.386 e. The Morgan fingerprint density at radius 2 is 2.33 bits per heavy atom. The summed E-state index contributed by atoms with van der Waals surface area (Å²) in [4.78, 5) is 6.55. The molecule has 0 spiro atoms. The summed E-state index contributed by atoms with van der Waals surface area (Å²) in [6.07, 6.45) is 5.38. The topological polar surface area (TPSA) is 77.7 Å². The van der Waals surface area contributed by atoms with Crippen LogP contribution in [0.25, 0.3) is 0 Å². The van der Waals surface area contributed by atoms with Crippen LogP contribution < -0.4 is 10.6 Å². The Hall–Kier alpha value is -1.60. The smallest absolute Gasteiger partial charge is 0.191 e. The molecule has 1 aliphatic rings. The standard InChI is InChI=1S/C14H26N6O/c1-15-14(16-8-12-5-4-6-19(12)2)17-9-13(21)11-7-18-20(3)10-11/h7,10,12-13,21H,4-6,8-9H2,1-3H3,(H2,15,16,17). The van der Waals surface area contributed by atoms with Gasteiger partial charge in [0.05, 0.1) is 12.3 Å². The monoisotopic (exact) mass is 294 g/mol. The number of hydrogen-bond donors (Lipinski definition) is 3. The molecule has 7 heteroatoms. The number of aliphatic imine (C=N–C) groups is 1. The highest BCUT2D eigenvalue weighted by Gasteiger charge is 2.20. The quantitative estimate of drug-likeness (QED) is 0.514. The fraction of sp³-hybridized carbons (Fsp3) is 0.714. The zero-order valence-electron chi connectivity index (χ0n) is 13.1. The van der Waals surface area contributed by atoms with Crippen molar-refractivity contribution in [1.82, 2.24) is 25.3 Å². The lowest BCUT2D eigenvalue weighted by atomic mass is 10.2. The third-order valence-corrected chi connectivity index (χ3v) is 3.97. The van der Waals surface area contributed by atoms with Crippen LogP contribution in [0.15, 0.2) is 17.4 Å². The number of aliphatic hydroxyl groups is 1. The molecule has 0 radical (unpaired) electrons.